The van der Waals surface area contributed by atoms with Gasteiger partial charge in [-0.25, -0.2) is 4.68 Å². The zero-order chi connectivity index (χ0) is 17.1. The van der Waals surface area contributed by atoms with Gasteiger partial charge in [0, 0.05) is 39.1 Å². The monoisotopic (exact) mass is 328 g/mol. The van der Waals surface area contributed by atoms with Crippen molar-refractivity contribution in [3.63, 3.8) is 0 Å². The molecule has 0 spiro atoms. The van der Waals surface area contributed by atoms with Crippen molar-refractivity contribution in [2.75, 3.05) is 27.2 Å². The third-order valence-corrected chi connectivity index (χ3v) is 4.60. The first-order valence-electron chi connectivity index (χ1n) is 8.25. The van der Waals surface area contributed by atoms with Crippen LogP contribution in [0, 0.1) is 5.92 Å². The highest BCUT2D eigenvalue weighted by Crippen LogP contribution is 2.19. The lowest BCUT2D eigenvalue weighted by atomic mass is 9.93. The quantitative estimate of drug-likeness (QED) is 0.914. The zero-order valence-electron chi connectivity index (χ0n) is 14.2. The van der Waals surface area contributed by atoms with Gasteiger partial charge >= 0.3 is 0 Å². The third-order valence-electron chi connectivity index (χ3n) is 4.60. The molecule has 1 aliphatic rings. The summed E-state index contributed by atoms with van der Waals surface area (Å²) in [6, 6.07) is 9.87. The number of piperidine rings is 1. The van der Waals surface area contributed by atoms with Crippen molar-refractivity contribution in [2.24, 2.45) is 5.92 Å². The van der Waals surface area contributed by atoms with Crippen LogP contribution in [-0.2, 0) is 11.3 Å². The van der Waals surface area contributed by atoms with Gasteiger partial charge in [0.05, 0.1) is 17.7 Å². The fourth-order valence-corrected chi connectivity index (χ4v) is 3.16. The molecule has 0 unspecified atom stereocenters. The summed E-state index contributed by atoms with van der Waals surface area (Å²) in [5.41, 5.74) is 2.04. The number of amides is 1. The summed E-state index contributed by atoms with van der Waals surface area (Å²) in [7, 11) is 3.78. The third kappa shape index (κ3) is 3.66. The fraction of sp³-hybridized carbons (Fsp3) is 0.444. The van der Waals surface area contributed by atoms with Gasteiger partial charge in [-0.15, -0.1) is 0 Å². The standard InChI is InChI=1S/C18H24N4O2/c1-20-11-8-17(23)16(13-20)18(24)21(2)12-14-4-6-15(7-5-14)22-10-3-9-19-22/h3-7,9-10,16-17,23H,8,11-13H2,1-2H3/t16-,17+/m1/s1. The van der Waals surface area contributed by atoms with Crippen molar-refractivity contribution in [2.45, 2.75) is 19.1 Å². The van der Waals surface area contributed by atoms with E-state index in [1.54, 1.807) is 22.8 Å². The molecule has 1 amide bonds. The first-order valence-corrected chi connectivity index (χ1v) is 8.25. The highest BCUT2D eigenvalue weighted by Gasteiger charge is 2.33. The van der Waals surface area contributed by atoms with Crippen LogP contribution in [0.25, 0.3) is 5.69 Å². The molecule has 6 heteroatoms. The largest absolute Gasteiger partial charge is 0.392 e. The van der Waals surface area contributed by atoms with Crippen LogP contribution in [-0.4, -0.2) is 63.9 Å². The van der Waals surface area contributed by atoms with E-state index >= 15 is 0 Å². The molecule has 1 N–H and O–H groups in total. The number of aromatic nitrogens is 2. The number of rotatable bonds is 4. The first-order chi connectivity index (χ1) is 11.5. The molecule has 1 aliphatic heterocycles. The van der Waals surface area contributed by atoms with Crippen molar-refractivity contribution >= 4 is 5.91 Å². The second-order valence-corrected chi connectivity index (χ2v) is 6.54. The van der Waals surface area contributed by atoms with Crippen molar-refractivity contribution in [1.29, 1.82) is 0 Å². The Hall–Kier alpha value is -2.18. The number of hydrogen-bond acceptors (Lipinski definition) is 4. The van der Waals surface area contributed by atoms with Crippen LogP contribution in [0.2, 0.25) is 0 Å². The molecular weight excluding hydrogens is 304 g/mol. The number of likely N-dealkylation sites (tertiary alicyclic amines) is 1. The van der Waals surface area contributed by atoms with E-state index in [0.29, 0.717) is 19.5 Å². The van der Waals surface area contributed by atoms with E-state index < -0.39 is 6.10 Å². The molecule has 1 saturated heterocycles. The van der Waals surface area contributed by atoms with Crippen molar-refractivity contribution < 1.29 is 9.90 Å². The van der Waals surface area contributed by atoms with Crippen molar-refractivity contribution in [3.05, 3.63) is 48.3 Å². The van der Waals surface area contributed by atoms with Crippen LogP contribution < -0.4 is 0 Å². The second kappa shape index (κ2) is 7.15. The number of carbonyl (C=O) groups is 1. The minimum atomic E-state index is -0.543. The average molecular weight is 328 g/mol. The molecule has 0 radical (unpaired) electrons. The molecular formula is C18H24N4O2. The molecule has 1 aromatic carbocycles. The summed E-state index contributed by atoms with van der Waals surface area (Å²) < 4.78 is 1.80. The van der Waals surface area contributed by atoms with Crippen molar-refractivity contribution in [1.82, 2.24) is 19.6 Å². The zero-order valence-corrected chi connectivity index (χ0v) is 14.2. The summed E-state index contributed by atoms with van der Waals surface area (Å²) in [5, 5.41) is 14.3. The Bertz CT molecular complexity index is 669. The molecule has 1 aromatic heterocycles. The molecule has 2 atom stereocenters. The summed E-state index contributed by atoms with van der Waals surface area (Å²) >= 11 is 0. The van der Waals surface area contributed by atoms with E-state index in [4.69, 9.17) is 0 Å². The van der Waals surface area contributed by atoms with E-state index in [0.717, 1.165) is 17.8 Å². The Morgan fingerprint density at radius 1 is 1.38 bits per heavy atom. The van der Waals surface area contributed by atoms with Crippen LogP contribution in [0.1, 0.15) is 12.0 Å². The molecule has 6 nitrogen and oxygen atoms in total. The van der Waals surface area contributed by atoms with E-state index in [1.165, 1.54) is 0 Å². The summed E-state index contributed by atoms with van der Waals surface area (Å²) in [6.07, 6.45) is 3.75. The first kappa shape index (κ1) is 16.7. The van der Waals surface area contributed by atoms with E-state index in [-0.39, 0.29) is 11.8 Å². The lowest BCUT2D eigenvalue weighted by Gasteiger charge is -2.35. The predicted molar refractivity (Wildman–Crippen MR) is 91.6 cm³/mol. The van der Waals surface area contributed by atoms with Gasteiger partial charge in [0.25, 0.3) is 0 Å². The van der Waals surface area contributed by atoms with Gasteiger partial charge < -0.3 is 14.9 Å². The highest BCUT2D eigenvalue weighted by molar-refractivity contribution is 5.79. The van der Waals surface area contributed by atoms with Crippen LogP contribution in [0.3, 0.4) is 0 Å². The number of nitrogens with zero attached hydrogens (tertiary/aromatic N) is 4. The number of carbonyl (C=O) groups excluding carboxylic acids is 1. The normalized spacial score (nSPS) is 21.6. The van der Waals surface area contributed by atoms with Gasteiger partial charge in [0.15, 0.2) is 0 Å². The Morgan fingerprint density at radius 2 is 2.12 bits per heavy atom. The Kier molecular flexibility index (Phi) is 4.97. The van der Waals surface area contributed by atoms with Crippen molar-refractivity contribution in [3.8, 4) is 5.69 Å². The lowest BCUT2D eigenvalue weighted by Crippen LogP contribution is -2.48. The lowest BCUT2D eigenvalue weighted by molar-refractivity contribution is -0.141. The molecule has 3 rings (SSSR count). The average Bonchev–Trinajstić information content (AvgIpc) is 3.11. The predicted octanol–water partition coefficient (Wildman–Crippen LogP) is 1.14. The number of benzene rings is 1. The number of aliphatic hydroxyl groups excluding tert-OH is 1. The molecule has 24 heavy (non-hydrogen) atoms. The number of aliphatic hydroxyl groups is 1. The molecule has 2 aromatic rings. The summed E-state index contributed by atoms with van der Waals surface area (Å²) in [4.78, 5) is 16.4. The van der Waals surface area contributed by atoms with Gasteiger partial charge in [-0.2, -0.15) is 5.10 Å². The van der Waals surface area contributed by atoms with Gasteiger partial charge in [0.2, 0.25) is 5.91 Å². The van der Waals surface area contributed by atoms with Gasteiger partial charge in [-0.3, -0.25) is 4.79 Å². The van der Waals surface area contributed by atoms with Gasteiger partial charge in [0.1, 0.15) is 0 Å². The Balaban J connectivity index is 1.63. The Morgan fingerprint density at radius 3 is 2.79 bits per heavy atom. The smallest absolute Gasteiger partial charge is 0.229 e. The van der Waals surface area contributed by atoms with Crippen LogP contribution >= 0.6 is 0 Å². The maximum absolute atomic E-state index is 12.6. The summed E-state index contributed by atoms with van der Waals surface area (Å²) in [5.74, 6) is -0.331. The van der Waals surface area contributed by atoms with E-state index in [1.807, 2.05) is 43.6 Å². The van der Waals surface area contributed by atoms with Crippen LogP contribution in [0.15, 0.2) is 42.7 Å². The van der Waals surface area contributed by atoms with E-state index in [9.17, 15) is 9.90 Å². The molecule has 0 aliphatic carbocycles. The molecule has 0 saturated carbocycles. The Labute approximate surface area is 142 Å². The van der Waals surface area contributed by atoms with Crippen LogP contribution in [0.5, 0.6) is 0 Å². The molecule has 1 fully saturated rings. The molecule has 0 bridgehead atoms. The second-order valence-electron chi connectivity index (χ2n) is 6.54. The fourth-order valence-electron chi connectivity index (χ4n) is 3.16. The maximum atomic E-state index is 12.6. The maximum Gasteiger partial charge on any atom is 0.229 e. The summed E-state index contributed by atoms with van der Waals surface area (Å²) in [6.45, 7) is 1.98. The molecule has 2 heterocycles. The minimum Gasteiger partial charge on any atom is -0.392 e. The molecule has 128 valence electrons. The minimum absolute atomic E-state index is 0.00482. The topological polar surface area (TPSA) is 61.6 Å². The SMILES string of the molecule is CN1CC[C@H](O)[C@H](C(=O)N(C)Cc2ccc(-n3cccn3)cc2)C1. The van der Waals surface area contributed by atoms with Gasteiger partial charge in [-0.05, 0) is 37.2 Å². The van der Waals surface area contributed by atoms with Gasteiger partial charge in [-0.1, -0.05) is 12.1 Å². The number of hydrogen-bond donors (Lipinski definition) is 1. The van der Waals surface area contributed by atoms with Crippen LogP contribution in [0.4, 0.5) is 0 Å². The van der Waals surface area contributed by atoms with E-state index in [2.05, 4.69) is 10.00 Å². The highest BCUT2D eigenvalue weighted by atomic mass is 16.3.